The summed E-state index contributed by atoms with van der Waals surface area (Å²) in [5.41, 5.74) is -5.00. The first-order valence-electron chi connectivity index (χ1n) is 4.17. The number of alkyl halides is 6. The lowest BCUT2D eigenvalue weighted by Crippen LogP contribution is -2.20. The van der Waals surface area contributed by atoms with Crippen molar-refractivity contribution >= 4 is 19.7 Å². The van der Waals surface area contributed by atoms with Crippen LogP contribution in [0.1, 0.15) is 11.1 Å². The minimum Gasteiger partial charge on any atom is -0.207 e. The molecule has 0 spiro atoms. The molecule has 1 aromatic carbocycles. The van der Waals surface area contributed by atoms with Gasteiger partial charge < -0.3 is 0 Å². The summed E-state index contributed by atoms with van der Waals surface area (Å²) in [5, 5.41) is 0. The number of benzene rings is 1. The van der Waals surface area contributed by atoms with Gasteiger partial charge in [0.2, 0.25) is 0 Å². The van der Waals surface area contributed by atoms with Crippen LogP contribution in [0.4, 0.5) is 30.7 Å². The molecular formula is C8H2ClF7O2S. The molecule has 2 nitrogen and oxygen atoms in total. The van der Waals surface area contributed by atoms with Crippen molar-refractivity contribution < 1.29 is 39.2 Å². The Bertz CT molecular complexity index is 603. The molecule has 1 rings (SSSR count). The molecule has 0 amide bonds. The second-order valence-electron chi connectivity index (χ2n) is 3.26. The zero-order valence-corrected chi connectivity index (χ0v) is 9.98. The molecule has 19 heavy (non-hydrogen) atoms. The second-order valence-corrected chi connectivity index (χ2v) is 5.79. The van der Waals surface area contributed by atoms with Crippen molar-refractivity contribution in [3.05, 3.63) is 29.1 Å². The number of hydrogen-bond acceptors (Lipinski definition) is 2. The van der Waals surface area contributed by atoms with E-state index < -0.39 is 49.3 Å². The molecule has 0 aliphatic carbocycles. The topological polar surface area (TPSA) is 34.1 Å². The molecule has 0 N–H and O–H groups in total. The summed E-state index contributed by atoms with van der Waals surface area (Å²) in [5.74, 6) is -1.81. The molecule has 0 aliphatic heterocycles. The summed E-state index contributed by atoms with van der Waals surface area (Å²) in [6.07, 6.45) is -11.3. The van der Waals surface area contributed by atoms with Gasteiger partial charge in [-0.05, 0) is 12.1 Å². The number of rotatable bonds is 1. The maximum atomic E-state index is 12.9. The van der Waals surface area contributed by atoms with Crippen molar-refractivity contribution in [1.82, 2.24) is 0 Å². The van der Waals surface area contributed by atoms with Gasteiger partial charge in [-0.2, -0.15) is 26.3 Å². The minimum atomic E-state index is -5.67. The first kappa shape index (κ1) is 16.0. The first-order chi connectivity index (χ1) is 8.24. The average molecular weight is 331 g/mol. The van der Waals surface area contributed by atoms with Crippen LogP contribution in [-0.2, 0) is 21.4 Å². The molecule has 0 aliphatic rings. The second kappa shape index (κ2) is 4.51. The quantitative estimate of drug-likeness (QED) is 0.580. The summed E-state index contributed by atoms with van der Waals surface area (Å²) < 4.78 is 110. The highest BCUT2D eigenvalue weighted by Gasteiger charge is 2.47. The summed E-state index contributed by atoms with van der Waals surface area (Å²) in [6, 6.07) is -0.672. The van der Waals surface area contributed by atoms with E-state index in [9.17, 15) is 39.2 Å². The Hall–Kier alpha value is -1.03. The zero-order valence-electron chi connectivity index (χ0n) is 8.40. The van der Waals surface area contributed by atoms with Gasteiger partial charge in [0.25, 0.3) is 9.05 Å². The summed E-state index contributed by atoms with van der Waals surface area (Å²) in [6.45, 7) is 0. The predicted molar refractivity (Wildman–Crippen MR) is 49.4 cm³/mol. The lowest BCUT2D eigenvalue weighted by atomic mass is 10.1. The van der Waals surface area contributed by atoms with Gasteiger partial charge in [-0.1, -0.05) is 0 Å². The monoisotopic (exact) mass is 330 g/mol. The molecule has 0 radical (unpaired) electrons. The Morgan fingerprint density at radius 3 is 1.74 bits per heavy atom. The third-order valence-corrected chi connectivity index (χ3v) is 3.26. The fourth-order valence-electron chi connectivity index (χ4n) is 1.29. The normalized spacial score (nSPS) is 13.7. The van der Waals surface area contributed by atoms with Gasteiger partial charge in [-0.15, -0.1) is 0 Å². The molecular weight excluding hydrogens is 329 g/mol. The van der Waals surface area contributed by atoms with Crippen LogP contribution >= 0.6 is 10.7 Å². The molecule has 0 aromatic heterocycles. The molecule has 0 heterocycles. The van der Waals surface area contributed by atoms with Crippen LogP contribution in [0.2, 0.25) is 0 Å². The van der Waals surface area contributed by atoms with Crippen LogP contribution in [0.3, 0.4) is 0 Å². The van der Waals surface area contributed by atoms with Gasteiger partial charge in [-0.3, -0.25) is 0 Å². The van der Waals surface area contributed by atoms with Crippen molar-refractivity contribution in [2.75, 3.05) is 0 Å². The van der Waals surface area contributed by atoms with E-state index in [0.29, 0.717) is 0 Å². The van der Waals surface area contributed by atoms with Crippen molar-refractivity contribution in [3.63, 3.8) is 0 Å². The molecule has 0 saturated carbocycles. The summed E-state index contributed by atoms with van der Waals surface area (Å²) in [4.78, 5) is -1.98. The highest BCUT2D eigenvalue weighted by Crippen LogP contribution is 2.44. The SMILES string of the molecule is O=S(=O)(Cl)c1cc(F)cc(C(F)(F)F)c1C(F)(F)F. The van der Waals surface area contributed by atoms with Gasteiger partial charge in [0.15, 0.2) is 0 Å². The fourth-order valence-corrected chi connectivity index (χ4v) is 2.38. The van der Waals surface area contributed by atoms with Crippen LogP contribution in [0.5, 0.6) is 0 Å². The van der Waals surface area contributed by atoms with E-state index in [1.807, 2.05) is 0 Å². The standard InChI is InChI=1S/C8H2ClF7O2S/c9-19(17,18)5-2-3(10)1-4(7(11,12)13)6(5)8(14,15)16/h1-2H. The van der Waals surface area contributed by atoms with Crippen LogP contribution in [0.25, 0.3) is 0 Å². The third kappa shape index (κ3) is 3.50. The lowest BCUT2D eigenvalue weighted by Gasteiger charge is -2.17. The largest absolute Gasteiger partial charge is 0.418 e. The Labute approximate surface area is 106 Å². The van der Waals surface area contributed by atoms with E-state index in [4.69, 9.17) is 0 Å². The summed E-state index contributed by atoms with van der Waals surface area (Å²) >= 11 is 0. The Balaban J connectivity index is 3.91. The Morgan fingerprint density at radius 1 is 0.947 bits per heavy atom. The van der Waals surface area contributed by atoms with Gasteiger partial charge in [0.1, 0.15) is 5.82 Å². The Morgan fingerprint density at radius 2 is 1.42 bits per heavy atom. The molecule has 0 unspecified atom stereocenters. The molecule has 0 fully saturated rings. The van der Waals surface area contributed by atoms with E-state index >= 15 is 0 Å². The van der Waals surface area contributed by atoms with Gasteiger partial charge in [0, 0.05) is 10.7 Å². The van der Waals surface area contributed by atoms with E-state index in [1.54, 1.807) is 0 Å². The summed E-state index contributed by atoms with van der Waals surface area (Å²) in [7, 11) is -0.608. The predicted octanol–water partition coefficient (Wildman–Crippen LogP) is 3.79. The van der Waals surface area contributed by atoms with E-state index in [1.165, 1.54) is 0 Å². The van der Waals surface area contributed by atoms with E-state index in [2.05, 4.69) is 10.7 Å². The van der Waals surface area contributed by atoms with Crippen molar-refractivity contribution in [2.24, 2.45) is 0 Å². The highest BCUT2D eigenvalue weighted by atomic mass is 35.7. The zero-order chi connectivity index (χ0) is 15.2. The molecule has 108 valence electrons. The molecule has 0 saturated heterocycles. The fraction of sp³-hybridized carbons (Fsp3) is 0.250. The average Bonchev–Trinajstić information content (AvgIpc) is 2.11. The molecule has 1 aromatic rings. The van der Waals surface area contributed by atoms with E-state index in [0.717, 1.165) is 0 Å². The third-order valence-electron chi connectivity index (χ3n) is 1.92. The molecule has 0 bridgehead atoms. The minimum absolute atomic E-state index is 0.222. The smallest absolute Gasteiger partial charge is 0.207 e. The van der Waals surface area contributed by atoms with Crippen molar-refractivity contribution in [1.29, 1.82) is 0 Å². The maximum absolute atomic E-state index is 12.9. The van der Waals surface area contributed by atoms with Crippen molar-refractivity contribution in [2.45, 2.75) is 17.2 Å². The van der Waals surface area contributed by atoms with Gasteiger partial charge in [0.05, 0.1) is 16.0 Å². The van der Waals surface area contributed by atoms with Crippen molar-refractivity contribution in [3.8, 4) is 0 Å². The maximum Gasteiger partial charge on any atom is 0.418 e. The molecule has 11 heteroatoms. The highest BCUT2D eigenvalue weighted by molar-refractivity contribution is 8.13. The molecule has 0 atom stereocenters. The van der Waals surface area contributed by atoms with Crippen LogP contribution < -0.4 is 0 Å². The lowest BCUT2D eigenvalue weighted by molar-refractivity contribution is -0.163. The number of halogens is 8. The Kier molecular flexibility index (Phi) is 3.81. The van der Waals surface area contributed by atoms with Crippen LogP contribution in [0, 0.1) is 5.82 Å². The van der Waals surface area contributed by atoms with Gasteiger partial charge >= 0.3 is 12.4 Å². The van der Waals surface area contributed by atoms with E-state index in [-0.39, 0.29) is 6.07 Å². The van der Waals surface area contributed by atoms with Gasteiger partial charge in [-0.25, -0.2) is 12.8 Å². The van der Waals surface area contributed by atoms with Crippen LogP contribution in [0.15, 0.2) is 17.0 Å². The number of hydrogen-bond donors (Lipinski definition) is 0. The first-order valence-corrected chi connectivity index (χ1v) is 6.48. The van der Waals surface area contributed by atoms with Crippen LogP contribution in [-0.4, -0.2) is 8.42 Å².